The van der Waals surface area contributed by atoms with E-state index in [1.807, 2.05) is 0 Å². The Morgan fingerprint density at radius 1 is 1.21 bits per heavy atom. The van der Waals surface area contributed by atoms with E-state index in [4.69, 9.17) is 9.47 Å². The maximum Gasteiger partial charge on any atom is 0.325 e. The number of rotatable bonds is 8. The number of anilines is 1. The molecule has 3 rings (SSSR count). The molecule has 1 heterocycles. The van der Waals surface area contributed by atoms with Gasteiger partial charge in [-0.05, 0) is 30.3 Å². The van der Waals surface area contributed by atoms with Gasteiger partial charge in [-0.25, -0.2) is 8.42 Å². The molecule has 0 bridgehead atoms. The first-order valence-corrected chi connectivity index (χ1v) is 11.1. The van der Waals surface area contributed by atoms with Gasteiger partial charge in [0, 0.05) is 24.7 Å². The smallest absolute Gasteiger partial charge is 0.325 e. The minimum atomic E-state index is -4.52. The molecule has 1 saturated heterocycles. The SMILES string of the molecule is COc1ccc(NC(=O)COC(=O)[C@@H]2CC(O)CN2S(=O)(=O)c2ccccc2[N+](=O)[O-])cc1. The van der Waals surface area contributed by atoms with Gasteiger partial charge in [-0.3, -0.25) is 19.7 Å². The molecular formula is C20H21N3O9S. The zero-order chi connectivity index (χ0) is 24.2. The minimum Gasteiger partial charge on any atom is -0.497 e. The molecule has 2 aromatic rings. The van der Waals surface area contributed by atoms with Crippen LogP contribution in [0.1, 0.15) is 6.42 Å². The molecule has 0 radical (unpaired) electrons. The van der Waals surface area contributed by atoms with Crippen molar-refractivity contribution in [3.63, 3.8) is 0 Å². The van der Waals surface area contributed by atoms with Gasteiger partial charge in [0.05, 0.1) is 18.1 Å². The standard InChI is InChI=1S/C20H21N3O9S/c1-31-15-8-6-13(7-9-15)21-19(25)12-32-20(26)17-10-14(24)11-22(17)33(29,30)18-5-3-2-4-16(18)23(27)28/h2-9,14,17,24H,10-12H2,1H3,(H,21,25)/t14?,17-/m0/s1. The van der Waals surface area contributed by atoms with Gasteiger partial charge < -0.3 is 19.9 Å². The van der Waals surface area contributed by atoms with Crippen LogP contribution in [0.5, 0.6) is 5.75 Å². The number of nitro benzene ring substituents is 1. The molecule has 1 aliphatic rings. The number of nitro groups is 1. The maximum atomic E-state index is 13.1. The van der Waals surface area contributed by atoms with Crippen molar-refractivity contribution in [2.45, 2.75) is 23.5 Å². The summed E-state index contributed by atoms with van der Waals surface area (Å²) in [7, 11) is -3.02. The minimum absolute atomic E-state index is 0.279. The summed E-state index contributed by atoms with van der Waals surface area (Å²) in [5.74, 6) is -1.14. The van der Waals surface area contributed by atoms with E-state index in [1.165, 1.54) is 19.2 Å². The van der Waals surface area contributed by atoms with Crippen molar-refractivity contribution in [3.05, 3.63) is 58.6 Å². The van der Waals surface area contributed by atoms with Crippen LogP contribution in [0.4, 0.5) is 11.4 Å². The highest BCUT2D eigenvalue weighted by molar-refractivity contribution is 7.89. The number of carbonyl (C=O) groups is 2. The van der Waals surface area contributed by atoms with Crippen molar-refractivity contribution in [1.82, 2.24) is 4.31 Å². The van der Waals surface area contributed by atoms with Gasteiger partial charge in [0.25, 0.3) is 21.6 Å². The van der Waals surface area contributed by atoms with Crippen LogP contribution < -0.4 is 10.1 Å². The van der Waals surface area contributed by atoms with Crippen molar-refractivity contribution in [1.29, 1.82) is 0 Å². The van der Waals surface area contributed by atoms with Gasteiger partial charge in [0.15, 0.2) is 11.5 Å². The van der Waals surface area contributed by atoms with Gasteiger partial charge in [-0.1, -0.05) is 12.1 Å². The molecule has 2 aromatic carbocycles. The number of para-hydroxylation sites is 1. The Balaban J connectivity index is 1.70. The number of esters is 1. The first kappa shape index (κ1) is 24.1. The molecule has 1 amide bonds. The Bertz CT molecular complexity index is 1150. The number of ether oxygens (including phenoxy) is 2. The number of aliphatic hydroxyl groups excluding tert-OH is 1. The summed E-state index contributed by atoms with van der Waals surface area (Å²) in [6, 6.07) is 9.63. The van der Waals surface area contributed by atoms with E-state index in [0.29, 0.717) is 15.7 Å². The molecule has 176 valence electrons. The number of methoxy groups -OCH3 is 1. The zero-order valence-electron chi connectivity index (χ0n) is 17.4. The summed E-state index contributed by atoms with van der Waals surface area (Å²) in [4.78, 5) is 34.5. The predicted octanol–water partition coefficient (Wildman–Crippen LogP) is 0.909. The summed E-state index contributed by atoms with van der Waals surface area (Å²) in [6.45, 7) is -1.15. The Morgan fingerprint density at radius 3 is 2.52 bits per heavy atom. The van der Waals surface area contributed by atoms with E-state index < -0.39 is 62.7 Å². The number of hydrogen-bond acceptors (Lipinski definition) is 9. The number of benzene rings is 2. The molecule has 1 aliphatic heterocycles. The first-order chi connectivity index (χ1) is 15.6. The van der Waals surface area contributed by atoms with E-state index in [-0.39, 0.29) is 6.42 Å². The lowest BCUT2D eigenvalue weighted by Crippen LogP contribution is -2.42. The van der Waals surface area contributed by atoms with Crippen LogP contribution >= 0.6 is 0 Å². The average molecular weight is 479 g/mol. The van der Waals surface area contributed by atoms with Crippen molar-refractivity contribution in [2.24, 2.45) is 0 Å². The van der Waals surface area contributed by atoms with Crippen LogP contribution in [0.25, 0.3) is 0 Å². The normalized spacial score (nSPS) is 18.5. The highest BCUT2D eigenvalue weighted by Gasteiger charge is 2.46. The lowest BCUT2D eigenvalue weighted by molar-refractivity contribution is -0.387. The monoisotopic (exact) mass is 479 g/mol. The van der Waals surface area contributed by atoms with Gasteiger partial charge in [-0.2, -0.15) is 4.31 Å². The predicted molar refractivity (Wildman–Crippen MR) is 114 cm³/mol. The van der Waals surface area contributed by atoms with Gasteiger partial charge in [-0.15, -0.1) is 0 Å². The van der Waals surface area contributed by atoms with Crippen molar-refractivity contribution in [2.75, 3.05) is 25.6 Å². The molecule has 1 unspecified atom stereocenters. The van der Waals surface area contributed by atoms with E-state index in [0.717, 1.165) is 12.1 Å². The van der Waals surface area contributed by atoms with Gasteiger partial charge in [0.2, 0.25) is 0 Å². The number of sulfonamides is 1. The number of β-amino-alcohol motifs (C(OH)–C–C–N with tert-alkyl or cyclic N) is 1. The molecule has 13 heteroatoms. The quantitative estimate of drug-likeness (QED) is 0.318. The third-order valence-corrected chi connectivity index (χ3v) is 6.80. The Labute approximate surface area is 188 Å². The second kappa shape index (κ2) is 9.94. The van der Waals surface area contributed by atoms with Crippen molar-refractivity contribution < 1.29 is 37.5 Å². The highest BCUT2D eigenvalue weighted by Crippen LogP contribution is 2.31. The van der Waals surface area contributed by atoms with E-state index in [1.54, 1.807) is 24.3 Å². The van der Waals surface area contributed by atoms with E-state index >= 15 is 0 Å². The molecule has 33 heavy (non-hydrogen) atoms. The molecule has 0 spiro atoms. The molecule has 0 aromatic heterocycles. The molecule has 0 aliphatic carbocycles. The van der Waals surface area contributed by atoms with Crippen molar-refractivity contribution >= 4 is 33.3 Å². The number of nitrogens with zero attached hydrogens (tertiary/aromatic N) is 2. The second-order valence-electron chi connectivity index (χ2n) is 7.09. The molecule has 12 nitrogen and oxygen atoms in total. The van der Waals surface area contributed by atoms with Crippen LogP contribution in [-0.4, -0.2) is 67.0 Å². The number of aliphatic hydroxyl groups is 1. The van der Waals surface area contributed by atoms with Crippen LogP contribution in [0.3, 0.4) is 0 Å². The topological polar surface area (TPSA) is 165 Å². The summed E-state index contributed by atoms with van der Waals surface area (Å²) < 4.78 is 36.8. The lowest BCUT2D eigenvalue weighted by atomic mass is 10.2. The fourth-order valence-corrected chi connectivity index (χ4v) is 5.11. The van der Waals surface area contributed by atoms with Crippen LogP contribution in [0.15, 0.2) is 53.4 Å². The Morgan fingerprint density at radius 2 is 1.88 bits per heavy atom. The van der Waals surface area contributed by atoms with Crippen molar-refractivity contribution in [3.8, 4) is 5.75 Å². The summed E-state index contributed by atoms with van der Waals surface area (Å²) in [6.07, 6.45) is -1.47. The highest BCUT2D eigenvalue weighted by atomic mass is 32.2. The lowest BCUT2D eigenvalue weighted by Gasteiger charge is -2.22. The van der Waals surface area contributed by atoms with E-state index in [2.05, 4.69) is 5.32 Å². The molecule has 1 fully saturated rings. The summed E-state index contributed by atoms with van der Waals surface area (Å²) >= 11 is 0. The fourth-order valence-electron chi connectivity index (χ4n) is 3.32. The van der Waals surface area contributed by atoms with Crippen LogP contribution in [0, 0.1) is 10.1 Å². The van der Waals surface area contributed by atoms with Crippen LogP contribution in [-0.2, 0) is 24.3 Å². The average Bonchev–Trinajstić information content (AvgIpc) is 3.20. The van der Waals surface area contributed by atoms with E-state index in [9.17, 15) is 33.2 Å². The van der Waals surface area contributed by atoms with Gasteiger partial charge >= 0.3 is 5.97 Å². The molecule has 2 atom stereocenters. The third kappa shape index (κ3) is 5.45. The number of hydrogen-bond donors (Lipinski definition) is 2. The summed E-state index contributed by atoms with van der Waals surface area (Å²) in [5.41, 5.74) is -0.237. The molecule has 2 N–H and O–H groups in total. The Kier molecular flexibility index (Phi) is 7.26. The maximum absolute atomic E-state index is 13.1. The third-order valence-electron chi connectivity index (χ3n) is 4.87. The second-order valence-corrected chi connectivity index (χ2v) is 8.95. The summed E-state index contributed by atoms with van der Waals surface area (Å²) in [5, 5.41) is 23.7. The largest absolute Gasteiger partial charge is 0.497 e. The fraction of sp³-hybridized carbons (Fsp3) is 0.300. The first-order valence-electron chi connectivity index (χ1n) is 9.67. The number of nitrogens with one attached hydrogen (secondary N) is 1. The zero-order valence-corrected chi connectivity index (χ0v) is 18.2. The Hall–Kier alpha value is -3.55. The molecular weight excluding hydrogens is 458 g/mol. The number of carbonyl (C=O) groups excluding carboxylic acids is 2. The number of amides is 1. The molecule has 0 saturated carbocycles. The van der Waals surface area contributed by atoms with Gasteiger partial charge in [0.1, 0.15) is 11.8 Å². The van der Waals surface area contributed by atoms with Crippen LogP contribution in [0.2, 0.25) is 0 Å².